The zero-order valence-corrected chi connectivity index (χ0v) is 10.8. The Morgan fingerprint density at radius 1 is 1.53 bits per heavy atom. The molecule has 3 nitrogen and oxygen atoms in total. The van der Waals surface area contributed by atoms with Crippen molar-refractivity contribution in [3.05, 3.63) is 23.8 Å². The molecule has 17 heavy (non-hydrogen) atoms. The summed E-state index contributed by atoms with van der Waals surface area (Å²) in [4.78, 5) is 0. The van der Waals surface area contributed by atoms with Crippen LogP contribution in [0.1, 0.15) is 24.8 Å². The summed E-state index contributed by atoms with van der Waals surface area (Å²) in [6.45, 7) is 0.924. The van der Waals surface area contributed by atoms with Crippen LogP contribution in [-0.4, -0.2) is 17.5 Å². The van der Waals surface area contributed by atoms with Gasteiger partial charge >= 0.3 is 0 Å². The van der Waals surface area contributed by atoms with Crippen molar-refractivity contribution in [1.29, 1.82) is 5.26 Å². The second-order valence-corrected chi connectivity index (χ2v) is 5.78. The van der Waals surface area contributed by atoms with Gasteiger partial charge in [-0.05, 0) is 37.3 Å². The molecule has 1 aromatic carbocycles. The summed E-state index contributed by atoms with van der Waals surface area (Å²) in [7, 11) is 0. The second kappa shape index (κ2) is 4.89. The Bertz CT molecular complexity index is 441. The fourth-order valence-corrected chi connectivity index (χ4v) is 2.97. The highest BCUT2D eigenvalue weighted by molar-refractivity contribution is 8.00. The lowest BCUT2D eigenvalue weighted by Gasteiger charge is -2.40. The number of rotatable bonds is 4. The van der Waals surface area contributed by atoms with E-state index in [1.807, 2.05) is 17.8 Å². The standard InChI is InChI=1S/C13H17N3S/c1-17-13(5-2-6-13)9-16-12-7-10(8-14)3-4-11(12)15/h3-4,7,16H,2,5-6,9,15H2,1H3. The summed E-state index contributed by atoms with van der Waals surface area (Å²) < 4.78 is 0.370. The van der Waals surface area contributed by atoms with E-state index in [4.69, 9.17) is 11.0 Å². The first-order chi connectivity index (χ1) is 8.19. The molecule has 1 saturated carbocycles. The SMILES string of the molecule is CSC1(CNc2cc(C#N)ccc2N)CCC1. The monoisotopic (exact) mass is 247 g/mol. The third-order valence-electron chi connectivity index (χ3n) is 3.48. The van der Waals surface area contributed by atoms with Crippen molar-refractivity contribution in [2.75, 3.05) is 23.9 Å². The molecule has 0 radical (unpaired) electrons. The number of nitrogens with zero attached hydrogens (tertiary/aromatic N) is 1. The molecule has 90 valence electrons. The van der Waals surface area contributed by atoms with Crippen LogP contribution in [0.25, 0.3) is 0 Å². The Balaban J connectivity index is 2.06. The minimum atomic E-state index is 0.370. The van der Waals surface area contributed by atoms with Crippen molar-refractivity contribution in [3.8, 4) is 6.07 Å². The van der Waals surface area contributed by atoms with E-state index in [-0.39, 0.29) is 0 Å². The predicted molar refractivity (Wildman–Crippen MR) is 74.2 cm³/mol. The molecular formula is C13H17N3S. The topological polar surface area (TPSA) is 61.8 Å². The number of nitriles is 1. The molecule has 0 unspecified atom stereocenters. The first-order valence-electron chi connectivity index (χ1n) is 5.78. The number of thioether (sulfide) groups is 1. The lowest BCUT2D eigenvalue weighted by atomic mass is 9.84. The Morgan fingerprint density at radius 3 is 2.82 bits per heavy atom. The summed E-state index contributed by atoms with van der Waals surface area (Å²) >= 11 is 1.93. The fraction of sp³-hybridized carbons (Fsp3) is 0.462. The van der Waals surface area contributed by atoms with Crippen LogP contribution in [0.4, 0.5) is 11.4 Å². The fourth-order valence-electron chi connectivity index (χ4n) is 2.06. The van der Waals surface area contributed by atoms with Crippen molar-refractivity contribution >= 4 is 23.1 Å². The van der Waals surface area contributed by atoms with Gasteiger partial charge in [0, 0.05) is 11.3 Å². The number of anilines is 2. The van der Waals surface area contributed by atoms with E-state index in [0.717, 1.165) is 12.2 Å². The molecule has 0 aliphatic heterocycles. The Labute approximate surface area is 106 Å². The highest BCUT2D eigenvalue weighted by Crippen LogP contribution is 2.43. The van der Waals surface area contributed by atoms with E-state index in [9.17, 15) is 0 Å². The maximum atomic E-state index is 8.86. The van der Waals surface area contributed by atoms with Crippen LogP contribution in [0.15, 0.2) is 18.2 Å². The van der Waals surface area contributed by atoms with Gasteiger partial charge < -0.3 is 11.1 Å². The van der Waals surface area contributed by atoms with E-state index in [2.05, 4.69) is 17.6 Å². The van der Waals surface area contributed by atoms with Gasteiger partial charge in [-0.3, -0.25) is 0 Å². The van der Waals surface area contributed by atoms with E-state index in [0.29, 0.717) is 16.0 Å². The van der Waals surface area contributed by atoms with Crippen LogP contribution < -0.4 is 11.1 Å². The second-order valence-electron chi connectivity index (χ2n) is 4.51. The molecule has 0 aromatic heterocycles. The van der Waals surface area contributed by atoms with E-state index in [1.165, 1.54) is 19.3 Å². The number of nitrogens with one attached hydrogen (secondary N) is 1. The van der Waals surface area contributed by atoms with Crippen LogP contribution >= 0.6 is 11.8 Å². The highest BCUT2D eigenvalue weighted by Gasteiger charge is 2.35. The van der Waals surface area contributed by atoms with Gasteiger partial charge in [-0.2, -0.15) is 17.0 Å². The number of nitrogens with two attached hydrogens (primary N) is 1. The summed E-state index contributed by atoms with van der Waals surface area (Å²) in [5, 5.41) is 12.2. The number of hydrogen-bond donors (Lipinski definition) is 2. The summed E-state index contributed by atoms with van der Waals surface area (Å²) in [5.74, 6) is 0. The van der Waals surface area contributed by atoms with Gasteiger partial charge in [-0.1, -0.05) is 6.42 Å². The van der Waals surface area contributed by atoms with E-state index >= 15 is 0 Å². The summed E-state index contributed by atoms with van der Waals surface area (Å²) in [5.41, 5.74) is 8.13. The number of benzene rings is 1. The Hall–Kier alpha value is -1.34. The molecular weight excluding hydrogens is 230 g/mol. The van der Waals surface area contributed by atoms with E-state index in [1.54, 1.807) is 12.1 Å². The third kappa shape index (κ3) is 2.50. The Morgan fingerprint density at radius 2 is 2.29 bits per heavy atom. The quantitative estimate of drug-likeness (QED) is 0.803. The van der Waals surface area contributed by atoms with Gasteiger partial charge in [0.2, 0.25) is 0 Å². The molecule has 0 spiro atoms. The lowest BCUT2D eigenvalue weighted by Crippen LogP contribution is -2.40. The van der Waals surface area contributed by atoms with Crippen molar-refractivity contribution in [1.82, 2.24) is 0 Å². The van der Waals surface area contributed by atoms with Crippen LogP contribution in [0.3, 0.4) is 0 Å². The zero-order chi connectivity index (χ0) is 12.3. The average molecular weight is 247 g/mol. The average Bonchev–Trinajstić information content (AvgIpc) is 2.30. The molecule has 0 bridgehead atoms. The van der Waals surface area contributed by atoms with Gasteiger partial charge in [0.1, 0.15) is 0 Å². The normalized spacial score (nSPS) is 16.9. The molecule has 0 saturated heterocycles. The number of nitrogen functional groups attached to an aromatic ring is 1. The predicted octanol–water partition coefficient (Wildman–Crippen LogP) is 2.84. The number of hydrogen-bond acceptors (Lipinski definition) is 4. The van der Waals surface area contributed by atoms with Crippen molar-refractivity contribution in [2.24, 2.45) is 0 Å². The molecule has 0 amide bonds. The molecule has 1 fully saturated rings. The molecule has 4 heteroatoms. The van der Waals surface area contributed by atoms with Gasteiger partial charge in [0.25, 0.3) is 0 Å². The van der Waals surface area contributed by atoms with Crippen molar-refractivity contribution in [3.63, 3.8) is 0 Å². The maximum absolute atomic E-state index is 8.86. The first kappa shape index (κ1) is 12.1. The minimum Gasteiger partial charge on any atom is -0.397 e. The highest BCUT2D eigenvalue weighted by atomic mass is 32.2. The van der Waals surface area contributed by atoms with Crippen molar-refractivity contribution < 1.29 is 0 Å². The van der Waals surface area contributed by atoms with Crippen molar-refractivity contribution in [2.45, 2.75) is 24.0 Å². The largest absolute Gasteiger partial charge is 0.397 e. The molecule has 3 N–H and O–H groups in total. The maximum Gasteiger partial charge on any atom is 0.0992 e. The summed E-state index contributed by atoms with van der Waals surface area (Å²) in [6.07, 6.45) is 6.00. The lowest BCUT2D eigenvalue weighted by molar-refractivity contribution is 0.380. The van der Waals surface area contributed by atoms with E-state index < -0.39 is 0 Å². The first-order valence-corrected chi connectivity index (χ1v) is 7.00. The molecule has 2 rings (SSSR count). The minimum absolute atomic E-state index is 0.370. The molecule has 0 atom stereocenters. The smallest absolute Gasteiger partial charge is 0.0992 e. The molecule has 1 aromatic rings. The third-order valence-corrected chi connectivity index (χ3v) is 4.90. The van der Waals surface area contributed by atoms with Gasteiger partial charge in [0.15, 0.2) is 0 Å². The Kier molecular flexibility index (Phi) is 3.49. The molecule has 1 aliphatic carbocycles. The summed E-state index contributed by atoms with van der Waals surface area (Å²) in [6, 6.07) is 7.48. The van der Waals surface area contributed by atoms with Gasteiger partial charge in [-0.15, -0.1) is 0 Å². The van der Waals surface area contributed by atoms with Crippen LogP contribution in [0.2, 0.25) is 0 Å². The van der Waals surface area contributed by atoms with Crippen LogP contribution in [-0.2, 0) is 0 Å². The molecule has 0 heterocycles. The van der Waals surface area contributed by atoms with Crippen LogP contribution in [0.5, 0.6) is 0 Å². The van der Waals surface area contributed by atoms with Gasteiger partial charge in [0.05, 0.1) is 23.0 Å². The van der Waals surface area contributed by atoms with Crippen LogP contribution in [0, 0.1) is 11.3 Å². The van der Waals surface area contributed by atoms with Gasteiger partial charge in [-0.25, -0.2) is 0 Å². The molecule has 1 aliphatic rings. The zero-order valence-electron chi connectivity index (χ0n) is 9.99.